The molecule has 44 heavy (non-hydrogen) atoms. The molecule has 218 valence electrons. The van der Waals surface area contributed by atoms with Crippen LogP contribution < -0.4 is 4.90 Å². The van der Waals surface area contributed by atoms with Crippen LogP contribution in [0.2, 0.25) is 0 Å². The molecule has 0 aliphatic heterocycles. The molecule has 0 saturated heterocycles. The second-order valence-corrected chi connectivity index (χ2v) is 13.9. The van der Waals surface area contributed by atoms with Crippen molar-refractivity contribution in [3.63, 3.8) is 0 Å². The summed E-state index contributed by atoms with van der Waals surface area (Å²) in [5.74, 6) is 0. The average Bonchev–Trinajstić information content (AvgIpc) is 3.23. The van der Waals surface area contributed by atoms with E-state index in [1.54, 1.807) is 0 Å². The van der Waals surface area contributed by atoms with Crippen molar-refractivity contribution < 1.29 is 0 Å². The molecule has 1 aliphatic rings. The third kappa shape index (κ3) is 4.37. The second-order valence-electron chi connectivity index (χ2n) is 13.9. The van der Waals surface area contributed by atoms with Crippen LogP contribution in [0.15, 0.2) is 121 Å². The van der Waals surface area contributed by atoms with E-state index in [-0.39, 0.29) is 11.0 Å². The maximum absolute atomic E-state index is 2.54. The van der Waals surface area contributed by atoms with Crippen LogP contribution >= 0.6 is 0 Å². The minimum Gasteiger partial charge on any atom is -0.335 e. The van der Waals surface area contributed by atoms with Crippen LogP contribution in [-0.2, 0) is 5.41 Å². The molecule has 0 N–H and O–H groups in total. The van der Waals surface area contributed by atoms with Crippen LogP contribution in [0.3, 0.4) is 0 Å². The normalized spacial score (nSPS) is 13.5. The summed E-state index contributed by atoms with van der Waals surface area (Å²) in [4.78, 5) is 2.54. The fourth-order valence-electron chi connectivity index (χ4n) is 7.51. The fourth-order valence-corrected chi connectivity index (χ4v) is 7.51. The van der Waals surface area contributed by atoms with Gasteiger partial charge in [-0.25, -0.2) is 0 Å². The Hall–Kier alpha value is -4.62. The SMILES string of the molecule is Cc1cc2c(cc1-c1ccc(N(c3cccc(-c4ccccc4)c3C)C(C)(C)C)c3ccccc13)-c1ccccc1C2(C)C. The molecule has 1 nitrogen and oxygen atoms in total. The number of anilines is 2. The van der Waals surface area contributed by atoms with E-state index in [9.17, 15) is 0 Å². The van der Waals surface area contributed by atoms with Gasteiger partial charge in [0.05, 0.1) is 0 Å². The Labute approximate surface area is 262 Å². The van der Waals surface area contributed by atoms with Gasteiger partial charge in [0.25, 0.3) is 0 Å². The first-order valence-electron chi connectivity index (χ1n) is 15.8. The Kier molecular flexibility index (Phi) is 6.55. The molecule has 1 aliphatic carbocycles. The molecule has 0 heterocycles. The van der Waals surface area contributed by atoms with Crippen molar-refractivity contribution in [2.45, 2.75) is 59.4 Å². The largest absolute Gasteiger partial charge is 0.335 e. The molecule has 0 atom stereocenters. The van der Waals surface area contributed by atoms with Crippen molar-refractivity contribution in [1.82, 2.24) is 0 Å². The summed E-state index contributed by atoms with van der Waals surface area (Å²) in [6.07, 6.45) is 0. The van der Waals surface area contributed by atoms with E-state index in [0.29, 0.717) is 0 Å². The van der Waals surface area contributed by atoms with Crippen LogP contribution in [0.5, 0.6) is 0 Å². The van der Waals surface area contributed by atoms with Crippen LogP contribution in [0.25, 0.3) is 44.2 Å². The third-order valence-electron chi connectivity index (χ3n) is 9.66. The Morgan fingerprint density at radius 2 is 1.16 bits per heavy atom. The Morgan fingerprint density at radius 3 is 1.91 bits per heavy atom. The lowest BCUT2D eigenvalue weighted by molar-refractivity contribution is 0.560. The van der Waals surface area contributed by atoms with Gasteiger partial charge in [-0.05, 0) is 114 Å². The summed E-state index contributed by atoms with van der Waals surface area (Å²) in [7, 11) is 0. The van der Waals surface area contributed by atoms with E-state index in [4.69, 9.17) is 0 Å². The zero-order valence-electron chi connectivity index (χ0n) is 27.0. The molecule has 0 fully saturated rings. The number of benzene rings is 6. The standard InChI is InChI=1S/C43H41N/c1-28-26-39-37(34-19-13-14-22-38(34)43(39,6)7)27-36(28)33-24-25-41(35-20-12-11-18-32(33)35)44(42(3,4)5)40-23-15-21-31(29(40)2)30-16-9-8-10-17-30/h8-27H,1-7H3. The molecule has 0 saturated carbocycles. The van der Waals surface area contributed by atoms with Crippen molar-refractivity contribution in [3.8, 4) is 33.4 Å². The minimum absolute atomic E-state index is 0.000495. The molecule has 0 unspecified atom stereocenters. The summed E-state index contributed by atoms with van der Waals surface area (Å²) in [5.41, 5.74) is 15.6. The van der Waals surface area contributed by atoms with Crippen LogP contribution in [-0.4, -0.2) is 5.54 Å². The van der Waals surface area contributed by atoms with Gasteiger partial charge in [0.1, 0.15) is 0 Å². The summed E-state index contributed by atoms with van der Waals surface area (Å²) in [6, 6.07) is 44.9. The van der Waals surface area contributed by atoms with E-state index < -0.39 is 0 Å². The quantitative estimate of drug-likeness (QED) is 0.203. The molecular weight excluding hydrogens is 530 g/mol. The highest BCUT2D eigenvalue weighted by atomic mass is 15.2. The Morgan fingerprint density at radius 1 is 0.500 bits per heavy atom. The maximum atomic E-state index is 2.54. The van der Waals surface area contributed by atoms with Gasteiger partial charge in [-0.15, -0.1) is 0 Å². The van der Waals surface area contributed by atoms with E-state index >= 15 is 0 Å². The van der Waals surface area contributed by atoms with Crippen molar-refractivity contribution in [1.29, 1.82) is 0 Å². The van der Waals surface area contributed by atoms with Gasteiger partial charge >= 0.3 is 0 Å². The highest BCUT2D eigenvalue weighted by Crippen LogP contribution is 2.51. The molecule has 0 bridgehead atoms. The topological polar surface area (TPSA) is 3.24 Å². The van der Waals surface area contributed by atoms with Gasteiger partial charge in [0.2, 0.25) is 0 Å². The van der Waals surface area contributed by atoms with Crippen LogP contribution in [0, 0.1) is 13.8 Å². The van der Waals surface area contributed by atoms with Gasteiger partial charge in [-0.1, -0.05) is 117 Å². The Bertz CT molecular complexity index is 2040. The summed E-state index contributed by atoms with van der Waals surface area (Å²) in [6.45, 7) is 16.2. The molecule has 0 radical (unpaired) electrons. The zero-order chi connectivity index (χ0) is 30.8. The van der Waals surface area contributed by atoms with E-state index in [0.717, 1.165) is 0 Å². The van der Waals surface area contributed by atoms with Gasteiger partial charge < -0.3 is 4.90 Å². The number of rotatable bonds is 4. The van der Waals surface area contributed by atoms with Crippen LogP contribution in [0.1, 0.15) is 56.9 Å². The predicted molar refractivity (Wildman–Crippen MR) is 190 cm³/mol. The first kappa shape index (κ1) is 28.2. The molecule has 7 rings (SSSR count). The average molecular weight is 572 g/mol. The predicted octanol–water partition coefficient (Wildman–Crippen LogP) is 12.0. The molecule has 6 aromatic carbocycles. The fraction of sp³-hybridized carbons (Fsp3) is 0.209. The highest BCUT2D eigenvalue weighted by molar-refractivity contribution is 6.06. The number of hydrogen-bond donors (Lipinski definition) is 0. The molecular formula is C43H41N. The summed E-state index contributed by atoms with van der Waals surface area (Å²) >= 11 is 0. The molecule has 6 aromatic rings. The van der Waals surface area contributed by atoms with Crippen molar-refractivity contribution in [2.24, 2.45) is 0 Å². The molecule has 0 amide bonds. The first-order valence-corrected chi connectivity index (χ1v) is 15.8. The van der Waals surface area contributed by atoms with E-state index in [1.807, 2.05) is 0 Å². The maximum Gasteiger partial charge on any atom is 0.0495 e. The Balaban J connectivity index is 1.43. The van der Waals surface area contributed by atoms with Gasteiger partial charge in [-0.3, -0.25) is 0 Å². The van der Waals surface area contributed by atoms with Crippen molar-refractivity contribution >= 4 is 22.1 Å². The zero-order valence-corrected chi connectivity index (χ0v) is 27.0. The molecule has 0 spiro atoms. The smallest absolute Gasteiger partial charge is 0.0495 e. The molecule has 1 heteroatoms. The number of fused-ring (bicyclic) bond motifs is 4. The van der Waals surface area contributed by atoms with E-state index in [1.165, 1.54) is 77.8 Å². The van der Waals surface area contributed by atoms with Gasteiger partial charge in [0, 0.05) is 27.7 Å². The summed E-state index contributed by atoms with van der Waals surface area (Å²) < 4.78 is 0. The minimum atomic E-state index is -0.150. The number of aryl methyl sites for hydroxylation is 1. The van der Waals surface area contributed by atoms with Gasteiger partial charge in [-0.2, -0.15) is 0 Å². The lowest BCUT2D eigenvalue weighted by Crippen LogP contribution is -2.38. The number of hydrogen-bond acceptors (Lipinski definition) is 1. The lowest BCUT2D eigenvalue weighted by Gasteiger charge is -2.40. The van der Waals surface area contributed by atoms with Crippen molar-refractivity contribution in [2.75, 3.05) is 4.90 Å². The monoisotopic (exact) mass is 571 g/mol. The first-order chi connectivity index (χ1) is 21.1. The number of nitrogens with zero attached hydrogens (tertiary/aromatic N) is 1. The van der Waals surface area contributed by atoms with Crippen molar-refractivity contribution in [3.05, 3.63) is 144 Å². The second kappa shape index (κ2) is 10.2. The van der Waals surface area contributed by atoms with Crippen LogP contribution in [0.4, 0.5) is 11.4 Å². The molecule has 0 aromatic heterocycles. The lowest BCUT2D eigenvalue weighted by atomic mass is 9.81. The highest BCUT2D eigenvalue weighted by Gasteiger charge is 2.36. The van der Waals surface area contributed by atoms with Gasteiger partial charge in [0.15, 0.2) is 0 Å². The summed E-state index contributed by atoms with van der Waals surface area (Å²) in [5, 5.41) is 2.55. The third-order valence-corrected chi connectivity index (χ3v) is 9.66. The van der Waals surface area contributed by atoms with E-state index in [2.05, 4.69) is 175 Å².